The number of Topliss-reactive ketones (excluding diaryl/α,β-unsaturated/α-hetero) is 1. The van der Waals surface area contributed by atoms with Crippen LogP contribution in [-0.2, 0) is 0 Å². The molecular formula is C8H7I3OTe. The van der Waals surface area contributed by atoms with Crippen molar-refractivity contribution in [1.82, 2.24) is 0 Å². The molecule has 0 aliphatic carbocycles. The third-order valence-corrected chi connectivity index (χ3v) is 9.34. The van der Waals surface area contributed by atoms with Crippen LogP contribution in [0.2, 0.25) is 4.47 Å². The standard InChI is InChI=1S/C8H7I3OTe/c9-13(10,11)6-8(12)7-4-2-1-3-5-7/h1-5H,6H2. The second-order valence-corrected chi connectivity index (χ2v) is 70.3. The number of rotatable bonds is 3. The Morgan fingerprint density at radius 3 is 2.15 bits per heavy atom. The minimum atomic E-state index is -1.83. The molecule has 0 saturated heterocycles. The second kappa shape index (κ2) is 5.82. The van der Waals surface area contributed by atoms with Crippen molar-refractivity contribution in [3.8, 4) is 0 Å². The molecule has 1 aromatic rings. The Morgan fingerprint density at radius 2 is 1.69 bits per heavy atom. The van der Waals surface area contributed by atoms with E-state index in [9.17, 15) is 4.79 Å². The van der Waals surface area contributed by atoms with Gasteiger partial charge in [-0.15, -0.1) is 0 Å². The van der Waals surface area contributed by atoms with Crippen molar-refractivity contribution in [3.63, 3.8) is 0 Å². The zero-order chi connectivity index (χ0) is 9.90. The maximum absolute atomic E-state index is 11.7. The summed E-state index contributed by atoms with van der Waals surface area (Å²) in [6.45, 7) is 0. The van der Waals surface area contributed by atoms with Crippen LogP contribution >= 0.6 is 56.1 Å². The fraction of sp³-hybridized carbons (Fsp3) is 0.125. The van der Waals surface area contributed by atoms with E-state index in [-0.39, 0.29) is 0 Å². The number of halogens is 3. The third kappa shape index (κ3) is 5.49. The van der Waals surface area contributed by atoms with Gasteiger partial charge in [-0.1, -0.05) is 0 Å². The first kappa shape index (κ1) is 12.9. The average Bonchev–Trinajstić information content (AvgIpc) is 2.03. The summed E-state index contributed by atoms with van der Waals surface area (Å²) < 4.78 is 0.758. The van der Waals surface area contributed by atoms with Crippen LogP contribution in [0.5, 0.6) is 0 Å². The Bertz CT molecular complexity index is 294. The zero-order valence-corrected chi connectivity index (χ0v) is 15.3. The first-order valence-electron chi connectivity index (χ1n) is 3.47. The van der Waals surface area contributed by atoms with Crippen LogP contribution in [0.15, 0.2) is 30.3 Å². The molecule has 0 saturated carbocycles. The van der Waals surface area contributed by atoms with Crippen LogP contribution in [-0.4, -0.2) is 12.1 Å². The molecule has 5 heteroatoms. The Morgan fingerprint density at radius 1 is 1.15 bits per heavy atom. The number of carbonyl (C=O) groups excluding carboxylic acids is 1. The van der Waals surface area contributed by atoms with Gasteiger partial charge in [-0.2, -0.15) is 0 Å². The van der Waals surface area contributed by atoms with E-state index in [1.54, 1.807) is 0 Å². The van der Waals surface area contributed by atoms with E-state index >= 15 is 0 Å². The number of hydrogen-bond donors (Lipinski definition) is 0. The van der Waals surface area contributed by atoms with Crippen molar-refractivity contribution >= 4 is 68.2 Å². The van der Waals surface area contributed by atoms with Gasteiger partial charge in [-0.05, 0) is 0 Å². The van der Waals surface area contributed by atoms with Gasteiger partial charge < -0.3 is 0 Å². The third-order valence-electron chi connectivity index (χ3n) is 1.39. The molecule has 0 amide bonds. The predicted molar refractivity (Wildman–Crippen MR) is 83.4 cm³/mol. The van der Waals surface area contributed by atoms with Gasteiger partial charge in [0.2, 0.25) is 0 Å². The van der Waals surface area contributed by atoms with Gasteiger partial charge in [-0.3, -0.25) is 0 Å². The van der Waals surface area contributed by atoms with Gasteiger partial charge in [0.05, 0.1) is 0 Å². The molecule has 0 N–H and O–H groups in total. The molecule has 0 aromatic heterocycles. The topological polar surface area (TPSA) is 17.1 Å². The summed E-state index contributed by atoms with van der Waals surface area (Å²) in [7, 11) is 0. The first-order valence-corrected chi connectivity index (χ1v) is 25.5. The fourth-order valence-corrected chi connectivity index (χ4v) is 7.87. The molecule has 0 bridgehead atoms. The van der Waals surface area contributed by atoms with Crippen LogP contribution in [0.4, 0.5) is 0 Å². The average molecular weight is 627 g/mol. The van der Waals surface area contributed by atoms with E-state index in [4.69, 9.17) is 0 Å². The molecule has 0 heterocycles. The normalized spacial score (nSPS) is 12.5. The Hall–Kier alpha value is 1.87. The summed E-state index contributed by atoms with van der Waals surface area (Å²) in [4.78, 5) is 11.7. The van der Waals surface area contributed by atoms with Crippen molar-refractivity contribution in [2.45, 2.75) is 4.47 Å². The van der Waals surface area contributed by atoms with Crippen molar-refractivity contribution in [3.05, 3.63) is 35.9 Å². The number of benzene rings is 1. The zero-order valence-electron chi connectivity index (χ0n) is 6.54. The number of carbonyl (C=O) groups is 1. The molecule has 72 valence electrons. The van der Waals surface area contributed by atoms with E-state index in [1.165, 1.54) is 0 Å². The molecule has 1 aromatic carbocycles. The van der Waals surface area contributed by atoms with Crippen LogP contribution in [0, 0.1) is 0 Å². The summed E-state index contributed by atoms with van der Waals surface area (Å²) >= 11 is 7.38. The molecule has 13 heavy (non-hydrogen) atoms. The summed E-state index contributed by atoms with van der Waals surface area (Å²) in [6.07, 6.45) is -1.83. The molecule has 1 nitrogen and oxygen atoms in total. The molecule has 0 unspecified atom stereocenters. The minimum absolute atomic E-state index is 0.292. The SMILES string of the molecule is O=C(C[Te](I)(I)I)c1ccccc1. The fourth-order valence-electron chi connectivity index (χ4n) is 0.856. The van der Waals surface area contributed by atoms with Gasteiger partial charge >= 0.3 is 113 Å². The maximum atomic E-state index is 11.7. The monoisotopic (exact) mass is 630 g/mol. The van der Waals surface area contributed by atoms with Gasteiger partial charge in [0.25, 0.3) is 0 Å². The number of hydrogen-bond acceptors (Lipinski definition) is 1. The molecule has 0 aliphatic rings. The van der Waals surface area contributed by atoms with Gasteiger partial charge in [0.1, 0.15) is 0 Å². The van der Waals surface area contributed by atoms with E-state index in [0.717, 1.165) is 10.0 Å². The van der Waals surface area contributed by atoms with E-state index in [1.807, 2.05) is 30.3 Å². The summed E-state index contributed by atoms with van der Waals surface area (Å²) in [5, 5.41) is 0. The molecule has 0 fully saturated rings. The van der Waals surface area contributed by atoms with Crippen LogP contribution in [0.25, 0.3) is 0 Å². The van der Waals surface area contributed by atoms with Gasteiger partial charge in [0, 0.05) is 0 Å². The quantitative estimate of drug-likeness (QED) is 0.280. The van der Waals surface area contributed by atoms with Crippen molar-refractivity contribution in [1.29, 1.82) is 0 Å². The van der Waals surface area contributed by atoms with E-state index < -0.39 is 6.35 Å². The Balaban J connectivity index is 2.71. The Kier molecular flexibility index (Phi) is 5.79. The molecule has 1 rings (SSSR count). The second-order valence-electron chi connectivity index (χ2n) is 2.44. The van der Waals surface area contributed by atoms with Gasteiger partial charge in [0.15, 0.2) is 0 Å². The first-order chi connectivity index (χ1) is 5.99. The van der Waals surface area contributed by atoms with Crippen LogP contribution in [0.3, 0.4) is 0 Å². The summed E-state index contributed by atoms with van der Waals surface area (Å²) in [5.41, 5.74) is 0.850. The molecule has 0 atom stereocenters. The summed E-state index contributed by atoms with van der Waals surface area (Å²) in [5.74, 6) is 0.292. The molecule has 0 spiro atoms. The summed E-state index contributed by atoms with van der Waals surface area (Å²) in [6, 6.07) is 9.54. The van der Waals surface area contributed by atoms with Gasteiger partial charge in [-0.25, -0.2) is 0 Å². The van der Waals surface area contributed by atoms with E-state index in [2.05, 4.69) is 56.1 Å². The van der Waals surface area contributed by atoms with Crippen molar-refractivity contribution in [2.24, 2.45) is 0 Å². The van der Waals surface area contributed by atoms with E-state index in [0.29, 0.717) is 5.78 Å². The number of ketones is 1. The van der Waals surface area contributed by atoms with Crippen molar-refractivity contribution in [2.75, 3.05) is 0 Å². The van der Waals surface area contributed by atoms with Crippen LogP contribution < -0.4 is 0 Å². The predicted octanol–water partition coefficient (Wildman–Crippen LogP) is 4.11. The Labute approximate surface area is 111 Å². The van der Waals surface area contributed by atoms with Crippen molar-refractivity contribution < 1.29 is 4.79 Å². The van der Waals surface area contributed by atoms with Crippen LogP contribution in [0.1, 0.15) is 10.4 Å². The molecule has 0 aliphatic heterocycles. The molecular weight excluding hydrogens is 620 g/mol. The molecule has 0 radical (unpaired) electrons.